The first-order chi connectivity index (χ1) is 7.28. The van der Waals surface area contributed by atoms with Crippen LogP contribution < -0.4 is 0 Å². The number of hydrogen-bond acceptors (Lipinski definition) is 3. The van der Waals surface area contributed by atoms with Crippen molar-refractivity contribution >= 4 is 15.9 Å². The van der Waals surface area contributed by atoms with Gasteiger partial charge in [0, 0.05) is 31.2 Å². The lowest BCUT2D eigenvalue weighted by molar-refractivity contribution is 0.624. The Kier molecular flexibility index (Phi) is 3.15. The molecule has 0 aliphatic carbocycles. The Hall–Kier alpha value is -1.17. The summed E-state index contributed by atoms with van der Waals surface area (Å²) in [6, 6.07) is 1.98. The van der Waals surface area contributed by atoms with Gasteiger partial charge in [-0.15, -0.1) is 5.10 Å². The normalized spacial score (nSPS) is 10.8. The quantitative estimate of drug-likeness (QED) is 0.779. The van der Waals surface area contributed by atoms with Crippen LogP contribution in [0.5, 0.6) is 0 Å². The molecule has 0 atom stereocenters. The third-order valence-corrected chi connectivity index (χ3v) is 2.43. The van der Waals surface area contributed by atoms with Gasteiger partial charge in [-0.3, -0.25) is 4.68 Å². The van der Waals surface area contributed by atoms with Gasteiger partial charge in [-0.1, -0.05) is 21.1 Å². The molecule has 80 valence electrons. The van der Waals surface area contributed by atoms with Crippen LogP contribution in [-0.2, 0) is 20.0 Å². The van der Waals surface area contributed by atoms with Gasteiger partial charge >= 0.3 is 0 Å². The average molecular weight is 270 g/mol. The van der Waals surface area contributed by atoms with Crippen molar-refractivity contribution in [2.45, 2.75) is 13.0 Å². The van der Waals surface area contributed by atoms with Gasteiger partial charge in [-0.2, -0.15) is 5.10 Å². The molecule has 0 aliphatic heterocycles. The summed E-state index contributed by atoms with van der Waals surface area (Å²) in [5.41, 5.74) is 2.00. The van der Waals surface area contributed by atoms with Crippen LogP contribution in [-0.4, -0.2) is 30.1 Å². The molecule has 2 aromatic heterocycles. The zero-order chi connectivity index (χ0) is 10.7. The van der Waals surface area contributed by atoms with Crippen LogP contribution >= 0.6 is 15.9 Å². The minimum absolute atomic E-state index is 0.677. The summed E-state index contributed by atoms with van der Waals surface area (Å²) in [6.07, 6.45) is 4.78. The van der Waals surface area contributed by atoms with E-state index < -0.39 is 0 Å². The number of aromatic nitrogens is 5. The summed E-state index contributed by atoms with van der Waals surface area (Å²) < 4.78 is 3.59. The molecule has 0 amide bonds. The molecule has 0 saturated carbocycles. The second kappa shape index (κ2) is 4.57. The first-order valence-electron chi connectivity index (χ1n) is 4.71. The number of alkyl halides is 1. The summed E-state index contributed by atoms with van der Waals surface area (Å²) in [7, 11) is 1.90. The molecule has 0 unspecified atom stereocenters. The zero-order valence-corrected chi connectivity index (χ0v) is 10.1. The molecule has 0 N–H and O–H groups in total. The van der Waals surface area contributed by atoms with Crippen LogP contribution in [0, 0.1) is 0 Å². The van der Waals surface area contributed by atoms with Crippen molar-refractivity contribution in [3.05, 3.63) is 29.8 Å². The molecule has 6 heteroatoms. The molecule has 2 heterocycles. The fourth-order valence-corrected chi connectivity index (χ4v) is 1.75. The summed E-state index contributed by atoms with van der Waals surface area (Å²) in [6.45, 7) is 0.677. The molecule has 0 saturated heterocycles. The van der Waals surface area contributed by atoms with Crippen LogP contribution in [0.3, 0.4) is 0 Å². The summed E-state index contributed by atoms with van der Waals surface area (Å²) in [5.74, 6) is 0. The molecular formula is C9H12BrN5. The lowest BCUT2D eigenvalue weighted by atomic mass is 10.4. The number of hydrogen-bond donors (Lipinski definition) is 0. The highest BCUT2D eigenvalue weighted by Gasteiger charge is 2.02. The second-order valence-corrected chi connectivity index (χ2v) is 4.12. The maximum atomic E-state index is 4.28. The van der Waals surface area contributed by atoms with Crippen molar-refractivity contribution in [1.29, 1.82) is 0 Å². The predicted molar refractivity (Wildman–Crippen MR) is 59.8 cm³/mol. The van der Waals surface area contributed by atoms with Crippen molar-refractivity contribution in [2.24, 2.45) is 7.05 Å². The maximum Gasteiger partial charge on any atom is 0.0867 e. The average Bonchev–Trinajstić information content (AvgIpc) is 2.78. The monoisotopic (exact) mass is 269 g/mol. The van der Waals surface area contributed by atoms with Crippen LogP contribution in [0.25, 0.3) is 0 Å². The van der Waals surface area contributed by atoms with E-state index in [0.717, 1.165) is 23.1 Å². The van der Waals surface area contributed by atoms with E-state index >= 15 is 0 Å². The van der Waals surface area contributed by atoms with E-state index in [1.165, 1.54) is 0 Å². The van der Waals surface area contributed by atoms with E-state index in [4.69, 9.17) is 0 Å². The molecule has 0 aliphatic rings. The topological polar surface area (TPSA) is 48.5 Å². The van der Waals surface area contributed by atoms with E-state index in [2.05, 4.69) is 31.3 Å². The molecule has 0 aromatic carbocycles. The lowest BCUT2D eigenvalue weighted by Crippen LogP contribution is -2.01. The first-order valence-corrected chi connectivity index (χ1v) is 5.83. The van der Waals surface area contributed by atoms with Gasteiger partial charge in [0.1, 0.15) is 0 Å². The number of halogens is 1. The maximum absolute atomic E-state index is 4.28. The largest absolute Gasteiger partial charge is 0.275 e. The van der Waals surface area contributed by atoms with Crippen LogP contribution in [0.2, 0.25) is 0 Å². The smallest absolute Gasteiger partial charge is 0.0867 e. The molecule has 2 aromatic rings. The number of nitrogens with zero attached hydrogens (tertiary/aromatic N) is 5. The Morgan fingerprint density at radius 1 is 1.40 bits per heavy atom. The van der Waals surface area contributed by atoms with E-state index in [0.29, 0.717) is 6.54 Å². The highest BCUT2D eigenvalue weighted by molar-refractivity contribution is 9.09. The van der Waals surface area contributed by atoms with Gasteiger partial charge in [0.05, 0.1) is 17.9 Å². The number of aryl methyl sites for hydroxylation is 2. The Balaban J connectivity index is 2.04. The van der Waals surface area contributed by atoms with Crippen molar-refractivity contribution in [3.63, 3.8) is 0 Å². The van der Waals surface area contributed by atoms with Crippen molar-refractivity contribution < 1.29 is 0 Å². The van der Waals surface area contributed by atoms with E-state index in [1.54, 1.807) is 9.36 Å². The highest BCUT2D eigenvalue weighted by Crippen LogP contribution is 2.01. The molecule has 0 bridgehead atoms. The van der Waals surface area contributed by atoms with Gasteiger partial charge in [-0.05, 0) is 6.07 Å². The third kappa shape index (κ3) is 2.65. The predicted octanol–water partition coefficient (Wildman–Crippen LogP) is 0.997. The van der Waals surface area contributed by atoms with Gasteiger partial charge in [0.25, 0.3) is 0 Å². The second-order valence-electron chi connectivity index (χ2n) is 3.33. The van der Waals surface area contributed by atoms with Crippen LogP contribution in [0.4, 0.5) is 0 Å². The molecule has 0 spiro atoms. The van der Waals surface area contributed by atoms with E-state index in [9.17, 15) is 0 Å². The first kappa shape index (κ1) is 10.4. The summed E-state index contributed by atoms with van der Waals surface area (Å²) in [4.78, 5) is 0. The van der Waals surface area contributed by atoms with Crippen molar-refractivity contribution in [1.82, 2.24) is 24.8 Å². The fraction of sp³-hybridized carbons (Fsp3) is 0.444. The Morgan fingerprint density at radius 3 is 2.93 bits per heavy atom. The molecular weight excluding hydrogens is 258 g/mol. The number of rotatable bonds is 4. The van der Waals surface area contributed by atoms with Gasteiger partial charge < -0.3 is 0 Å². The highest BCUT2D eigenvalue weighted by atomic mass is 79.9. The minimum atomic E-state index is 0.677. The fourth-order valence-electron chi connectivity index (χ4n) is 1.34. The summed E-state index contributed by atoms with van der Waals surface area (Å²) in [5, 5.41) is 13.3. The molecule has 2 rings (SSSR count). The molecule has 0 radical (unpaired) electrons. The molecule has 15 heavy (non-hydrogen) atoms. The molecule has 0 fully saturated rings. The SMILES string of the molecule is Cn1ccc(Cn2cc(CCBr)nn2)n1. The zero-order valence-electron chi connectivity index (χ0n) is 8.47. The van der Waals surface area contributed by atoms with Crippen LogP contribution in [0.1, 0.15) is 11.4 Å². The van der Waals surface area contributed by atoms with Crippen molar-refractivity contribution in [3.8, 4) is 0 Å². The van der Waals surface area contributed by atoms with Crippen molar-refractivity contribution in [2.75, 3.05) is 5.33 Å². The Bertz CT molecular complexity index is 433. The van der Waals surface area contributed by atoms with Gasteiger partial charge in [-0.25, -0.2) is 4.68 Å². The Labute approximate surface area is 96.2 Å². The standard InChI is InChI=1S/C9H12BrN5/c1-14-5-3-9(12-14)7-15-6-8(2-4-10)11-13-15/h3,5-6H,2,4,7H2,1H3. The summed E-state index contributed by atoms with van der Waals surface area (Å²) >= 11 is 3.37. The van der Waals surface area contributed by atoms with E-state index in [1.807, 2.05) is 25.5 Å². The van der Waals surface area contributed by atoms with Gasteiger partial charge in [0.15, 0.2) is 0 Å². The van der Waals surface area contributed by atoms with E-state index in [-0.39, 0.29) is 0 Å². The van der Waals surface area contributed by atoms with Gasteiger partial charge in [0.2, 0.25) is 0 Å². The third-order valence-electron chi connectivity index (χ3n) is 2.03. The minimum Gasteiger partial charge on any atom is -0.275 e. The Morgan fingerprint density at radius 2 is 2.27 bits per heavy atom. The molecule has 5 nitrogen and oxygen atoms in total. The van der Waals surface area contributed by atoms with Crippen LogP contribution in [0.15, 0.2) is 18.5 Å². The lowest BCUT2D eigenvalue weighted by Gasteiger charge is -1.94.